The highest BCUT2D eigenvalue weighted by molar-refractivity contribution is 9.13. The predicted molar refractivity (Wildman–Crippen MR) is 83.0 cm³/mol. The van der Waals surface area contributed by atoms with E-state index < -0.39 is 0 Å². The van der Waals surface area contributed by atoms with Crippen LogP contribution in [0.3, 0.4) is 0 Å². The van der Waals surface area contributed by atoms with Gasteiger partial charge in [-0.25, -0.2) is 0 Å². The molecule has 4 nitrogen and oxygen atoms in total. The summed E-state index contributed by atoms with van der Waals surface area (Å²) in [6.45, 7) is 3.29. The first kappa shape index (κ1) is 15.0. The van der Waals surface area contributed by atoms with Crippen molar-refractivity contribution in [3.63, 3.8) is 0 Å². The van der Waals surface area contributed by atoms with Crippen LogP contribution >= 0.6 is 31.9 Å². The number of nitrogens with one attached hydrogen (secondary N) is 2. The highest BCUT2D eigenvalue weighted by Crippen LogP contribution is 2.24. The molecule has 1 aliphatic heterocycles. The van der Waals surface area contributed by atoms with Gasteiger partial charge in [-0.3, -0.25) is 9.69 Å². The van der Waals surface area contributed by atoms with Crippen molar-refractivity contribution in [1.82, 2.24) is 15.5 Å². The second-order valence-electron chi connectivity index (χ2n) is 4.55. The summed E-state index contributed by atoms with van der Waals surface area (Å²) in [5, 5.41) is 6.00. The average molecular weight is 391 g/mol. The quantitative estimate of drug-likeness (QED) is 0.826. The Morgan fingerprint density at radius 2 is 2.26 bits per heavy atom. The van der Waals surface area contributed by atoms with Gasteiger partial charge in [0.2, 0.25) is 5.91 Å². The van der Waals surface area contributed by atoms with Gasteiger partial charge in [0.1, 0.15) is 6.04 Å². The Labute approximate surface area is 130 Å². The molecule has 1 aromatic rings. The molecule has 1 atom stereocenters. The van der Waals surface area contributed by atoms with E-state index in [1.807, 2.05) is 6.07 Å². The summed E-state index contributed by atoms with van der Waals surface area (Å²) in [6, 6.07) is 6.10. The van der Waals surface area contributed by atoms with Crippen LogP contribution in [0, 0.1) is 0 Å². The third-order valence-corrected chi connectivity index (χ3v) is 5.15. The van der Waals surface area contributed by atoms with E-state index >= 15 is 0 Å². The molecule has 6 heteroatoms. The van der Waals surface area contributed by atoms with Gasteiger partial charge in [-0.15, -0.1) is 0 Å². The predicted octanol–water partition coefficient (Wildman–Crippen LogP) is 1.73. The highest BCUT2D eigenvalue weighted by atomic mass is 79.9. The average Bonchev–Trinajstić information content (AvgIpc) is 2.43. The van der Waals surface area contributed by atoms with Crippen LogP contribution in [0.15, 0.2) is 27.1 Å². The number of halogens is 2. The fraction of sp³-hybridized carbons (Fsp3) is 0.462. The Bertz CT molecular complexity index is 467. The van der Waals surface area contributed by atoms with Crippen molar-refractivity contribution in [3.05, 3.63) is 32.7 Å². The first-order valence-electron chi connectivity index (χ1n) is 6.22. The molecule has 0 aromatic heterocycles. The van der Waals surface area contributed by atoms with Crippen molar-refractivity contribution < 1.29 is 4.79 Å². The maximum atomic E-state index is 11.9. The summed E-state index contributed by atoms with van der Waals surface area (Å²) in [7, 11) is 1.69. The van der Waals surface area contributed by atoms with Crippen LogP contribution in [0.5, 0.6) is 0 Å². The summed E-state index contributed by atoms with van der Waals surface area (Å²) >= 11 is 6.98. The molecule has 0 bridgehead atoms. The second-order valence-corrected chi connectivity index (χ2v) is 6.26. The number of carbonyl (C=O) groups excluding carboxylic acids is 1. The summed E-state index contributed by atoms with van der Waals surface area (Å²) in [4.78, 5) is 14.1. The van der Waals surface area contributed by atoms with Crippen LogP contribution < -0.4 is 10.6 Å². The van der Waals surface area contributed by atoms with E-state index in [2.05, 4.69) is 59.5 Å². The minimum Gasteiger partial charge on any atom is -0.358 e. The van der Waals surface area contributed by atoms with Gasteiger partial charge >= 0.3 is 0 Å². The number of hydrogen-bond donors (Lipinski definition) is 2. The molecule has 0 spiro atoms. The molecule has 1 fully saturated rings. The monoisotopic (exact) mass is 389 g/mol. The van der Waals surface area contributed by atoms with Crippen LogP contribution in [0.4, 0.5) is 0 Å². The first-order chi connectivity index (χ1) is 9.11. The summed E-state index contributed by atoms with van der Waals surface area (Å²) < 4.78 is 2.08. The van der Waals surface area contributed by atoms with Gasteiger partial charge in [-0.05, 0) is 49.6 Å². The Balaban J connectivity index is 2.10. The number of piperazine rings is 1. The van der Waals surface area contributed by atoms with Crippen molar-refractivity contribution >= 4 is 37.8 Å². The van der Waals surface area contributed by atoms with Gasteiger partial charge in [-0.1, -0.05) is 6.07 Å². The molecular formula is C13H17Br2N3O. The van der Waals surface area contributed by atoms with Gasteiger partial charge in [0.15, 0.2) is 0 Å². The molecule has 1 saturated heterocycles. The van der Waals surface area contributed by atoms with Crippen molar-refractivity contribution in [2.24, 2.45) is 0 Å². The molecule has 1 heterocycles. The molecule has 1 aromatic carbocycles. The second kappa shape index (κ2) is 6.83. The molecule has 19 heavy (non-hydrogen) atoms. The summed E-state index contributed by atoms with van der Waals surface area (Å²) in [5.41, 5.74) is 1.20. The number of rotatable bonds is 3. The third kappa shape index (κ3) is 3.78. The molecule has 1 unspecified atom stereocenters. The Morgan fingerprint density at radius 1 is 1.47 bits per heavy atom. The molecule has 0 radical (unpaired) electrons. The Morgan fingerprint density at radius 3 is 2.95 bits per heavy atom. The lowest BCUT2D eigenvalue weighted by Gasteiger charge is -2.34. The number of carbonyl (C=O) groups is 1. The van der Waals surface area contributed by atoms with E-state index in [1.165, 1.54) is 5.56 Å². The summed E-state index contributed by atoms with van der Waals surface area (Å²) in [6.07, 6.45) is 0. The van der Waals surface area contributed by atoms with Crippen molar-refractivity contribution in [3.8, 4) is 0 Å². The lowest BCUT2D eigenvalue weighted by atomic mass is 10.1. The lowest BCUT2D eigenvalue weighted by molar-refractivity contribution is -0.126. The normalized spacial score (nSPS) is 20.3. The number of nitrogens with zero attached hydrogens (tertiary/aromatic N) is 1. The highest BCUT2D eigenvalue weighted by Gasteiger charge is 2.27. The number of amides is 1. The van der Waals surface area contributed by atoms with E-state index in [4.69, 9.17) is 0 Å². The molecular weight excluding hydrogens is 374 g/mol. The van der Waals surface area contributed by atoms with Crippen LogP contribution in [0.25, 0.3) is 0 Å². The van der Waals surface area contributed by atoms with Crippen LogP contribution in [-0.2, 0) is 11.3 Å². The zero-order valence-corrected chi connectivity index (χ0v) is 13.9. The van der Waals surface area contributed by atoms with Gasteiger partial charge < -0.3 is 10.6 Å². The maximum Gasteiger partial charge on any atom is 0.238 e. The maximum absolute atomic E-state index is 11.9. The lowest BCUT2D eigenvalue weighted by Crippen LogP contribution is -2.56. The molecule has 1 aliphatic rings. The van der Waals surface area contributed by atoms with Crippen molar-refractivity contribution in [2.45, 2.75) is 12.6 Å². The molecule has 104 valence electrons. The van der Waals surface area contributed by atoms with Gasteiger partial charge in [0, 0.05) is 42.2 Å². The zero-order chi connectivity index (χ0) is 13.8. The van der Waals surface area contributed by atoms with Gasteiger partial charge in [0.05, 0.1) is 0 Å². The Hall–Kier alpha value is -0.430. The van der Waals surface area contributed by atoms with E-state index in [-0.39, 0.29) is 11.9 Å². The summed E-state index contributed by atoms with van der Waals surface area (Å²) in [5.74, 6) is 0.0726. The number of hydrogen-bond acceptors (Lipinski definition) is 3. The van der Waals surface area contributed by atoms with Crippen LogP contribution in [0.2, 0.25) is 0 Å². The van der Waals surface area contributed by atoms with E-state index in [0.717, 1.165) is 28.6 Å². The van der Waals surface area contributed by atoms with Crippen LogP contribution in [-0.4, -0.2) is 43.5 Å². The van der Waals surface area contributed by atoms with E-state index in [1.54, 1.807) is 7.05 Å². The molecule has 1 amide bonds. The zero-order valence-electron chi connectivity index (χ0n) is 10.7. The fourth-order valence-corrected chi connectivity index (χ4v) is 2.91. The fourth-order valence-electron chi connectivity index (χ4n) is 2.23. The largest absolute Gasteiger partial charge is 0.358 e. The minimum atomic E-state index is -0.0961. The topological polar surface area (TPSA) is 44.4 Å². The van der Waals surface area contributed by atoms with E-state index in [0.29, 0.717) is 6.54 Å². The number of likely N-dealkylation sites (N-methyl/N-ethyl adjacent to an activating group) is 1. The SMILES string of the molecule is CNC(=O)C1CNCCN1Cc1ccc(Br)c(Br)c1. The van der Waals surface area contributed by atoms with Gasteiger partial charge in [-0.2, -0.15) is 0 Å². The molecule has 0 saturated carbocycles. The third-order valence-electron chi connectivity index (χ3n) is 3.27. The molecule has 0 aliphatic carbocycles. The van der Waals surface area contributed by atoms with Crippen molar-refractivity contribution in [2.75, 3.05) is 26.7 Å². The van der Waals surface area contributed by atoms with Crippen molar-refractivity contribution in [1.29, 1.82) is 0 Å². The standard InChI is InChI=1S/C13H17Br2N3O/c1-16-13(19)12-7-17-4-5-18(12)8-9-2-3-10(14)11(15)6-9/h2-3,6,12,17H,4-5,7-8H2,1H3,(H,16,19). The van der Waals surface area contributed by atoms with Gasteiger partial charge in [0.25, 0.3) is 0 Å². The minimum absolute atomic E-state index is 0.0726. The Kier molecular flexibility index (Phi) is 5.38. The van der Waals surface area contributed by atoms with E-state index in [9.17, 15) is 4.79 Å². The first-order valence-corrected chi connectivity index (χ1v) is 7.80. The molecule has 2 N–H and O–H groups in total. The molecule has 2 rings (SSSR count). The number of benzene rings is 1. The smallest absolute Gasteiger partial charge is 0.238 e. The van der Waals surface area contributed by atoms with Crippen LogP contribution in [0.1, 0.15) is 5.56 Å².